The third kappa shape index (κ3) is 3.67. The molecule has 4 aromatic carbocycles. The molecule has 39 heavy (non-hydrogen) atoms. The van der Waals surface area contributed by atoms with E-state index >= 15 is 0 Å². The Kier molecular flexibility index (Phi) is 4.96. The van der Waals surface area contributed by atoms with Gasteiger partial charge in [0.1, 0.15) is 10.8 Å². The molecule has 0 amide bonds. The summed E-state index contributed by atoms with van der Waals surface area (Å²) in [5.41, 5.74) is 8.60. The van der Waals surface area contributed by atoms with Crippen molar-refractivity contribution in [2.24, 2.45) is 0 Å². The molecule has 0 saturated carbocycles. The van der Waals surface area contributed by atoms with Crippen molar-refractivity contribution < 1.29 is 4.42 Å². The third-order valence-electron chi connectivity index (χ3n) is 7.18. The van der Waals surface area contributed by atoms with Gasteiger partial charge in [-0.05, 0) is 72.8 Å². The van der Waals surface area contributed by atoms with E-state index in [1.807, 2.05) is 42.6 Å². The van der Waals surface area contributed by atoms with E-state index in [9.17, 15) is 0 Å². The number of benzene rings is 4. The first-order valence-electron chi connectivity index (χ1n) is 12.8. The maximum absolute atomic E-state index is 5.72. The number of furan rings is 1. The van der Waals surface area contributed by atoms with Crippen LogP contribution in [0.5, 0.6) is 0 Å². The van der Waals surface area contributed by atoms with Crippen LogP contribution in [-0.4, -0.2) is 14.5 Å². The van der Waals surface area contributed by atoms with Crippen molar-refractivity contribution in [3.63, 3.8) is 0 Å². The smallest absolute Gasteiger partial charge is 0.133 e. The largest absolute Gasteiger partial charge is 0.464 e. The van der Waals surface area contributed by atoms with Crippen molar-refractivity contribution >= 4 is 43.4 Å². The first-order chi connectivity index (χ1) is 19.3. The fourth-order valence-electron chi connectivity index (χ4n) is 5.36. The predicted molar refractivity (Wildman–Crippen MR) is 160 cm³/mol. The quantitative estimate of drug-likeness (QED) is 0.233. The number of thiazole rings is 1. The second-order valence-electron chi connectivity index (χ2n) is 9.53. The lowest BCUT2D eigenvalue weighted by Crippen LogP contribution is -1.95. The van der Waals surface area contributed by atoms with Gasteiger partial charge in [-0.3, -0.25) is 4.98 Å². The molecule has 8 rings (SSSR count). The molecule has 0 N–H and O–H groups in total. The van der Waals surface area contributed by atoms with Crippen LogP contribution in [0.4, 0.5) is 0 Å². The molecule has 0 bridgehead atoms. The number of hydrogen-bond acceptors (Lipinski definition) is 4. The molecule has 4 nitrogen and oxygen atoms in total. The van der Waals surface area contributed by atoms with E-state index in [-0.39, 0.29) is 0 Å². The number of rotatable bonds is 4. The topological polar surface area (TPSA) is 43.9 Å². The Bertz CT molecular complexity index is 2090. The number of para-hydroxylation sites is 1. The normalized spacial score (nSPS) is 11.6. The van der Waals surface area contributed by atoms with Gasteiger partial charge >= 0.3 is 0 Å². The van der Waals surface area contributed by atoms with Crippen LogP contribution in [0.1, 0.15) is 0 Å². The molecule has 4 heterocycles. The summed E-state index contributed by atoms with van der Waals surface area (Å²) in [6.07, 6.45) is 3.55. The van der Waals surface area contributed by atoms with E-state index in [4.69, 9.17) is 9.40 Å². The summed E-state index contributed by atoms with van der Waals surface area (Å²) in [6, 6.07) is 40.1. The second kappa shape index (κ2) is 8.79. The predicted octanol–water partition coefficient (Wildman–Crippen LogP) is 9.38. The minimum Gasteiger partial charge on any atom is -0.464 e. The van der Waals surface area contributed by atoms with Crippen LogP contribution in [0.15, 0.2) is 132 Å². The van der Waals surface area contributed by atoms with Gasteiger partial charge in [0.15, 0.2) is 0 Å². The fraction of sp³-hybridized carbons (Fsp3) is 0. The maximum atomic E-state index is 5.72. The van der Waals surface area contributed by atoms with Crippen molar-refractivity contribution in [2.75, 3.05) is 0 Å². The summed E-state index contributed by atoms with van der Waals surface area (Å²) in [5, 5.41) is 3.39. The van der Waals surface area contributed by atoms with Gasteiger partial charge < -0.3 is 8.98 Å². The van der Waals surface area contributed by atoms with Gasteiger partial charge in [-0.25, -0.2) is 4.98 Å². The van der Waals surface area contributed by atoms with Gasteiger partial charge in [0.05, 0.1) is 33.2 Å². The Morgan fingerprint density at radius 1 is 0.641 bits per heavy atom. The molecule has 5 heteroatoms. The molecule has 8 aromatic rings. The van der Waals surface area contributed by atoms with E-state index in [2.05, 4.69) is 88.4 Å². The molecule has 0 saturated heterocycles. The van der Waals surface area contributed by atoms with Crippen LogP contribution in [0.25, 0.3) is 70.9 Å². The summed E-state index contributed by atoms with van der Waals surface area (Å²) >= 11 is 1.73. The van der Waals surface area contributed by atoms with Crippen LogP contribution < -0.4 is 0 Å². The monoisotopic (exact) mass is 519 g/mol. The van der Waals surface area contributed by atoms with E-state index in [0.29, 0.717) is 0 Å². The SMILES string of the molecule is c1ccc(-c2cccc(-n3c4ccc(-c5ccco5)cc4c4ccc(-c5nc6ccccc6s5)cc43)c2)nc1. The highest BCUT2D eigenvalue weighted by molar-refractivity contribution is 7.21. The van der Waals surface area contributed by atoms with E-state index in [0.717, 1.165) is 55.4 Å². The highest BCUT2D eigenvalue weighted by Gasteiger charge is 2.17. The summed E-state index contributed by atoms with van der Waals surface area (Å²) in [7, 11) is 0. The molecule has 0 aliphatic heterocycles. The summed E-state index contributed by atoms with van der Waals surface area (Å²) in [6.45, 7) is 0. The highest BCUT2D eigenvalue weighted by Crippen LogP contribution is 2.39. The van der Waals surface area contributed by atoms with Gasteiger partial charge in [-0.15, -0.1) is 11.3 Å². The van der Waals surface area contributed by atoms with Crippen LogP contribution in [0, 0.1) is 0 Å². The zero-order chi connectivity index (χ0) is 25.8. The summed E-state index contributed by atoms with van der Waals surface area (Å²) in [4.78, 5) is 9.52. The standard InChI is InChI=1S/C34H21N3OS/c1-2-12-33-29(10-1)36-34(39-33)24-13-15-26-27-20-23(32-11-6-18-38-32)14-16-30(27)37(31(26)21-24)25-8-5-7-22(19-25)28-9-3-4-17-35-28/h1-21H. The fourth-order valence-corrected chi connectivity index (χ4v) is 6.32. The molecule has 0 radical (unpaired) electrons. The van der Waals surface area contributed by atoms with Crippen molar-refractivity contribution in [2.45, 2.75) is 0 Å². The average Bonchev–Trinajstić information content (AvgIpc) is 3.75. The molecule has 0 aliphatic rings. The van der Waals surface area contributed by atoms with Gasteiger partial charge in [-0.2, -0.15) is 0 Å². The lowest BCUT2D eigenvalue weighted by atomic mass is 10.1. The van der Waals surface area contributed by atoms with Crippen molar-refractivity contribution in [3.05, 3.63) is 128 Å². The molecule has 0 unspecified atom stereocenters. The molecule has 0 spiro atoms. The number of fused-ring (bicyclic) bond motifs is 4. The van der Waals surface area contributed by atoms with Crippen LogP contribution in [0.3, 0.4) is 0 Å². The first-order valence-corrected chi connectivity index (χ1v) is 13.6. The number of pyridine rings is 1. The highest BCUT2D eigenvalue weighted by atomic mass is 32.1. The van der Waals surface area contributed by atoms with Gasteiger partial charge in [0.25, 0.3) is 0 Å². The van der Waals surface area contributed by atoms with E-state index in [1.54, 1.807) is 17.6 Å². The lowest BCUT2D eigenvalue weighted by molar-refractivity contribution is 0.582. The molecule has 4 aromatic heterocycles. The van der Waals surface area contributed by atoms with Crippen LogP contribution in [-0.2, 0) is 0 Å². The summed E-state index contributed by atoms with van der Waals surface area (Å²) < 4.78 is 9.26. The number of hydrogen-bond donors (Lipinski definition) is 0. The average molecular weight is 520 g/mol. The second-order valence-corrected chi connectivity index (χ2v) is 10.6. The lowest BCUT2D eigenvalue weighted by Gasteiger charge is -2.10. The molecule has 0 aliphatic carbocycles. The Hall–Kier alpha value is -5.00. The zero-order valence-corrected chi connectivity index (χ0v) is 21.6. The van der Waals surface area contributed by atoms with E-state index < -0.39 is 0 Å². The number of aromatic nitrogens is 3. The van der Waals surface area contributed by atoms with Gasteiger partial charge in [0.2, 0.25) is 0 Å². The Labute approximate surface area is 228 Å². The minimum absolute atomic E-state index is 0.862. The van der Waals surface area contributed by atoms with Crippen LogP contribution >= 0.6 is 11.3 Å². The van der Waals surface area contributed by atoms with Gasteiger partial charge in [0, 0.05) is 39.3 Å². The van der Waals surface area contributed by atoms with Crippen molar-refractivity contribution in [3.8, 4) is 38.8 Å². The Balaban J connectivity index is 1.39. The number of nitrogens with zero attached hydrogens (tertiary/aromatic N) is 3. The molecular weight excluding hydrogens is 498 g/mol. The van der Waals surface area contributed by atoms with E-state index in [1.165, 1.54) is 15.5 Å². The minimum atomic E-state index is 0.862. The zero-order valence-electron chi connectivity index (χ0n) is 20.8. The Morgan fingerprint density at radius 2 is 1.56 bits per heavy atom. The Morgan fingerprint density at radius 3 is 2.44 bits per heavy atom. The molecule has 0 atom stereocenters. The molecule has 0 fully saturated rings. The first kappa shape index (κ1) is 22.0. The maximum Gasteiger partial charge on any atom is 0.133 e. The molecule has 184 valence electrons. The molecular formula is C34H21N3OS. The summed E-state index contributed by atoms with van der Waals surface area (Å²) in [5.74, 6) is 0.862. The van der Waals surface area contributed by atoms with Gasteiger partial charge in [-0.1, -0.05) is 42.5 Å². The van der Waals surface area contributed by atoms with Crippen LogP contribution in [0.2, 0.25) is 0 Å². The van der Waals surface area contributed by atoms with Crippen molar-refractivity contribution in [1.29, 1.82) is 0 Å². The third-order valence-corrected chi connectivity index (χ3v) is 8.26. The van der Waals surface area contributed by atoms with Crippen molar-refractivity contribution in [1.82, 2.24) is 14.5 Å².